The molecule has 3 aromatic rings. The Labute approximate surface area is 163 Å². The summed E-state index contributed by atoms with van der Waals surface area (Å²) in [5.41, 5.74) is 1.07. The summed E-state index contributed by atoms with van der Waals surface area (Å²) >= 11 is 12.9. The molecule has 1 heterocycles. The lowest BCUT2D eigenvalue weighted by molar-refractivity contribution is -0.115. The molecule has 1 aromatic heterocycles. The second-order valence-corrected chi connectivity index (χ2v) is 7.12. The number of nitrogens with one attached hydrogen (secondary N) is 1. The molecule has 0 aliphatic heterocycles. The average molecular weight is 411 g/mol. The van der Waals surface area contributed by atoms with Crippen molar-refractivity contribution in [3.8, 4) is 5.75 Å². The van der Waals surface area contributed by atoms with Crippen LogP contribution in [0.25, 0.3) is 0 Å². The highest BCUT2D eigenvalue weighted by Crippen LogP contribution is 2.20. The summed E-state index contributed by atoms with van der Waals surface area (Å²) in [7, 11) is 0. The first kappa shape index (κ1) is 18.6. The van der Waals surface area contributed by atoms with Crippen LogP contribution < -0.4 is 10.1 Å². The minimum atomic E-state index is -0.533. The van der Waals surface area contributed by atoms with Gasteiger partial charge in [0.1, 0.15) is 23.2 Å². The van der Waals surface area contributed by atoms with E-state index in [0.29, 0.717) is 28.8 Å². The summed E-state index contributed by atoms with van der Waals surface area (Å²) in [5.74, 6) is -0.102. The minimum absolute atomic E-state index is 0.0434. The maximum atomic E-state index is 13.1. The molecular formula is C18H13Cl2FN2O2S. The van der Waals surface area contributed by atoms with Crippen LogP contribution in [0.4, 0.5) is 10.1 Å². The van der Waals surface area contributed by atoms with E-state index in [2.05, 4.69) is 10.3 Å². The molecule has 0 bridgehead atoms. The van der Waals surface area contributed by atoms with Crippen LogP contribution in [-0.2, 0) is 17.8 Å². The molecule has 1 N–H and O–H groups in total. The van der Waals surface area contributed by atoms with E-state index in [4.69, 9.17) is 27.9 Å². The zero-order valence-electron chi connectivity index (χ0n) is 13.3. The van der Waals surface area contributed by atoms with Gasteiger partial charge in [-0.3, -0.25) is 4.79 Å². The topological polar surface area (TPSA) is 51.2 Å². The zero-order valence-corrected chi connectivity index (χ0v) is 15.7. The fraction of sp³-hybridized carbons (Fsp3) is 0.111. The lowest BCUT2D eigenvalue weighted by Gasteiger charge is -2.05. The highest BCUT2D eigenvalue weighted by Gasteiger charge is 2.10. The van der Waals surface area contributed by atoms with Gasteiger partial charge in [-0.2, -0.15) is 0 Å². The van der Waals surface area contributed by atoms with E-state index in [1.807, 2.05) is 0 Å². The second-order valence-electron chi connectivity index (χ2n) is 5.33. The van der Waals surface area contributed by atoms with Crippen LogP contribution in [0.1, 0.15) is 10.7 Å². The maximum absolute atomic E-state index is 13.1. The number of amides is 1. The van der Waals surface area contributed by atoms with Crippen molar-refractivity contribution in [3.05, 3.63) is 74.4 Å². The van der Waals surface area contributed by atoms with Gasteiger partial charge >= 0.3 is 0 Å². The summed E-state index contributed by atoms with van der Waals surface area (Å²) < 4.78 is 18.8. The van der Waals surface area contributed by atoms with E-state index >= 15 is 0 Å². The quantitative estimate of drug-likeness (QED) is 0.595. The Morgan fingerprint density at radius 1 is 1.19 bits per heavy atom. The first-order chi connectivity index (χ1) is 12.5. The van der Waals surface area contributed by atoms with Crippen LogP contribution in [0.5, 0.6) is 5.75 Å². The van der Waals surface area contributed by atoms with Crippen molar-refractivity contribution >= 4 is 46.1 Å². The number of hydrogen-bond acceptors (Lipinski definition) is 4. The molecule has 0 spiro atoms. The first-order valence-corrected chi connectivity index (χ1v) is 9.20. The van der Waals surface area contributed by atoms with Crippen LogP contribution in [0.2, 0.25) is 10.0 Å². The molecule has 0 atom stereocenters. The average Bonchev–Trinajstić information content (AvgIpc) is 3.05. The maximum Gasteiger partial charge on any atom is 0.230 e. The molecule has 1 amide bonds. The van der Waals surface area contributed by atoms with Crippen molar-refractivity contribution in [2.45, 2.75) is 13.0 Å². The molecule has 0 radical (unpaired) electrons. The zero-order chi connectivity index (χ0) is 18.5. The van der Waals surface area contributed by atoms with E-state index in [1.165, 1.54) is 29.5 Å². The summed E-state index contributed by atoms with van der Waals surface area (Å²) in [6, 6.07) is 11.1. The van der Waals surface area contributed by atoms with Gasteiger partial charge in [-0.05, 0) is 42.5 Å². The van der Waals surface area contributed by atoms with E-state index in [-0.39, 0.29) is 17.4 Å². The van der Waals surface area contributed by atoms with E-state index in [9.17, 15) is 9.18 Å². The number of carbonyl (C=O) groups is 1. The van der Waals surface area contributed by atoms with Crippen LogP contribution in [0, 0.1) is 5.82 Å². The third kappa shape index (κ3) is 5.17. The van der Waals surface area contributed by atoms with Gasteiger partial charge in [0.2, 0.25) is 5.91 Å². The van der Waals surface area contributed by atoms with Gasteiger partial charge in [0, 0.05) is 16.1 Å². The Hall–Kier alpha value is -2.15. The Kier molecular flexibility index (Phi) is 6.08. The van der Waals surface area contributed by atoms with Crippen LogP contribution in [-0.4, -0.2) is 10.9 Å². The Balaban J connectivity index is 1.53. The lowest BCUT2D eigenvalue weighted by atomic mass is 10.2. The minimum Gasteiger partial charge on any atom is -0.486 e. The SMILES string of the molecule is O=C(Cc1csc(COc2ccc(Cl)cc2)n1)Nc1ccc(F)c(Cl)c1. The second kappa shape index (κ2) is 8.49. The van der Waals surface area contributed by atoms with Crippen LogP contribution >= 0.6 is 34.5 Å². The molecule has 0 saturated carbocycles. The number of ether oxygens (including phenoxy) is 1. The fourth-order valence-corrected chi connectivity index (χ4v) is 3.13. The predicted molar refractivity (Wildman–Crippen MR) is 102 cm³/mol. The van der Waals surface area contributed by atoms with Gasteiger partial charge in [0.05, 0.1) is 17.1 Å². The van der Waals surface area contributed by atoms with Gasteiger partial charge in [-0.1, -0.05) is 23.2 Å². The molecule has 0 aliphatic rings. The highest BCUT2D eigenvalue weighted by molar-refractivity contribution is 7.09. The Morgan fingerprint density at radius 2 is 1.96 bits per heavy atom. The highest BCUT2D eigenvalue weighted by atomic mass is 35.5. The summed E-state index contributed by atoms with van der Waals surface area (Å²) in [6.07, 6.45) is 0.104. The van der Waals surface area contributed by atoms with Crippen molar-refractivity contribution in [2.24, 2.45) is 0 Å². The molecule has 0 saturated heterocycles. The van der Waals surface area contributed by atoms with Crippen molar-refractivity contribution in [1.29, 1.82) is 0 Å². The van der Waals surface area contributed by atoms with Crippen molar-refractivity contribution < 1.29 is 13.9 Å². The Morgan fingerprint density at radius 3 is 2.69 bits per heavy atom. The van der Waals surface area contributed by atoms with Gasteiger partial charge in [0.25, 0.3) is 0 Å². The summed E-state index contributed by atoms with van der Waals surface area (Å²) in [6.45, 7) is 0.307. The van der Waals surface area contributed by atoms with Gasteiger partial charge in [-0.15, -0.1) is 11.3 Å². The molecule has 134 valence electrons. The van der Waals surface area contributed by atoms with Crippen molar-refractivity contribution in [1.82, 2.24) is 4.98 Å². The third-order valence-electron chi connectivity index (χ3n) is 3.32. The summed E-state index contributed by atoms with van der Waals surface area (Å²) in [5, 5.41) is 5.82. The van der Waals surface area contributed by atoms with Gasteiger partial charge in [0.15, 0.2) is 0 Å². The molecule has 0 unspecified atom stereocenters. The van der Waals surface area contributed by atoms with Crippen molar-refractivity contribution in [3.63, 3.8) is 0 Å². The molecule has 0 fully saturated rings. The number of hydrogen-bond donors (Lipinski definition) is 1. The first-order valence-electron chi connectivity index (χ1n) is 7.56. The van der Waals surface area contributed by atoms with E-state index in [1.54, 1.807) is 29.6 Å². The molecule has 2 aromatic carbocycles. The number of nitrogens with zero attached hydrogens (tertiary/aromatic N) is 1. The van der Waals surface area contributed by atoms with Crippen LogP contribution in [0.3, 0.4) is 0 Å². The van der Waals surface area contributed by atoms with Crippen molar-refractivity contribution in [2.75, 3.05) is 5.32 Å². The van der Waals surface area contributed by atoms with E-state index < -0.39 is 5.82 Å². The molecule has 3 rings (SSSR count). The number of thiazole rings is 1. The third-order valence-corrected chi connectivity index (χ3v) is 4.73. The fourth-order valence-electron chi connectivity index (χ4n) is 2.12. The molecule has 26 heavy (non-hydrogen) atoms. The molecular weight excluding hydrogens is 398 g/mol. The number of carbonyl (C=O) groups excluding carboxylic acids is 1. The van der Waals surface area contributed by atoms with Gasteiger partial charge < -0.3 is 10.1 Å². The lowest BCUT2D eigenvalue weighted by Crippen LogP contribution is -2.14. The number of anilines is 1. The normalized spacial score (nSPS) is 10.6. The smallest absolute Gasteiger partial charge is 0.230 e. The number of rotatable bonds is 6. The molecule has 8 heteroatoms. The van der Waals surface area contributed by atoms with Gasteiger partial charge in [-0.25, -0.2) is 9.37 Å². The van der Waals surface area contributed by atoms with Crippen LogP contribution in [0.15, 0.2) is 47.8 Å². The monoisotopic (exact) mass is 410 g/mol. The Bertz CT molecular complexity index is 916. The summed E-state index contributed by atoms with van der Waals surface area (Å²) in [4.78, 5) is 16.4. The number of halogens is 3. The number of benzene rings is 2. The largest absolute Gasteiger partial charge is 0.486 e. The van der Waals surface area contributed by atoms with E-state index in [0.717, 1.165) is 5.01 Å². The predicted octanol–water partition coefficient (Wildman–Crippen LogP) is 5.35. The molecule has 0 aliphatic carbocycles. The standard InChI is InChI=1S/C18H13Cl2FN2O2S/c19-11-1-4-14(5-2-11)25-9-18-23-13(10-26-18)8-17(24)22-12-3-6-16(21)15(20)7-12/h1-7,10H,8-9H2,(H,22,24). The molecule has 4 nitrogen and oxygen atoms in total. The number of aromatic nitrogens is 1.